The molecule has 0 saturated carbocycles. The van der Waals surface area contributed by atoms with Crippen LogP contribution in [0.4, 0.5) is 0 Å². The summed E-state index contributed by atoms with van der Waals surface area (Å²) in [6.45, 7) is 7.37. The van der Waals surface area contributed by atoms with E-state index in [4.69, 9.17) is 18.9 Å². The van der Waals surface area contributed by atoms with Gasteiger partial charge in [0.1, 0.15) is 11.5 Å². The van der Waals surface area contributed by atoms with E-state index in [2.05, 4.69) is 22.5 Å². The molecule has 2 rings (SSSR count). The van der Waals surface area contributed by atoms with Crippen molar-refractivity contribution < 1.29 is 18.9 Å². The van der Waals surface area contributed by atoms with Gasteiger partial charge in [-0.05, 0) is 38.3 Å². The first-order valence-corrected chi connectivity index (χ1v) is 10.3. The number of hydrogen-bond donors (Lipinski definition) is 2. The Morgan fingerprint density at radius 2 is 2.11 bits per heavy atom. The molecule has 0 radical (unpaired) electrons. The van der Waals surface area contributed by atoms with Gasteiger partial charge in [-0.25, -0.2) is 0 Å². The Labute approximate surface area is 168 Å². The highest BCUT2D eigenvalue weighted by atomic mass is 16.5. The van der Waals surface area contributed by atoms with E-state index in [0.717, 1.165) is 69.4 Å². The van der Waals surface area contributed by atoms with Crippen LogP contribution in [0, 0.1) is 0 Å². The zero-order valence-corrected chi connectivity index (χ0v) is 17.2. The van der Waals surface area contributed by atoms with Crippen molar-refractivity contribution in [2.24, 2.45) is 4.99 Å². The lowest BCUT2D eigenvalue weighted by Gasteiger charge is -2.13. The molecule has 1 aliphatic heterocycles. The molecule has 0 bridgehead atoms. The zero-order valence-electron chi connectivity index (χ0n) is 17.2. The third-order valence-electron chi connectivity index (χ3n) is 4.31. The molecule has 0 amide bonds. The molecule has 158 valence electrons. The molecule has 1 heterocycles. The summed E-state index contributed by atoms with van der Waals surface area (Å²) in [4.78, 5) is 4.59. The van der Waals surface area contributed by atoms with Gasteiger partial charge in [-0.1, -0.05) is 6.07 Å². The van der Waals surface area contributed by atoms with E-state index in [1.807, 2.05) is 24.3 Å². The maximum absolute atomic E-state index is 5.74. The Morgan fingerprint density at radius 1 is 1.21 bits per heavy atom. The summed E-state index contributed by atoms with van der Waals surface area (Å²) in [6.07, 6.45) is 4.36. The lowest BCUT2D eigenvalue weighted by molar-refractivity contribution is 0.0168. The largest absolute Gasteiger partial charge is 0.497 e. The van der Waals surface area contributed by atoms with E-state index < -0.39 is 0 Å². The van der Waals surface area contributed by atoms with Crippen molar-refractivity contribution in [3.63, 3.8) is 0 Å². The summed E-state index contributed by atoms with van der Waals surface area (Å²) in [6, 6.07) is 7.64. The average Bonchev–Trinajstić information content (AvgIpc) is 3.24. The lowest BCUT2D eigenvalue weighted by atomic mass is 10.2. The van der Waals surface area contributed by atoms with Crippen LogP contribution in [0.5, 0.6) is 11.5 Å². The van der Waals surface area contributed by atoms with Crippen molar-refractivity contribution in [2.45, 2.75) is 38.7 Å². The van der Waals surface area contributed by atoms with Gasteiger partial charge in [-0.2, -0.15) is 0 Å². The van der Waals surface area contributed by atoms with Crippen molar-refractivity contribution in [2.75, 3.05) is 53.2 Å². The molecule has 0 aromatic heterocycles. The Bertz CT molecular complexity index is 562. The highest BCUT2D eigenvalue weighted by Crippen LogP contribution is 2.18. The van der Waals surface area contributed by atoms with Gasteiger partial charge in [0.25, 0.3) is 0 Å². The van der Waals surface area contributed by atoms with Crippen LogP contribution in [0.2, 0.25) is 0 Å². The SMILES string of the molecule is CCNC(=NCCCOc1cccc(OC)c1)NCCCOCC1CCCO1. The molecule has 7 heteroatoms. The van der Waals surface area contributed by atoms with Crippen LogP contribution < -0.4 is 20.1 Å². The average molecular weight is 394 g/mol. The van der Waals surface area contributed by atoms with Gasteiger partial charge in [0.2, 0.25) is 0 Å². The topological polar surface area (TPSA) is 73.3 Å². The van der Waals surface area contributed by atoms with E-state index in [9.17, 15) is 0 Å². The fourth-order valence-electron chi connectivity index (χ4n) is 2.85. The molecule has 1 saturated heterocycles. The Kier molecular flexibility index (Phi) is 11.2. The lowest BCUT2D eigenvalue weighted by Crippen LogP contribution is -2.38. The Balaban J connectivity index is 1.54. The second-order valence-electron chi connectivity index (χ2n) is 6.63. The van der Waals surface area contributed by atoms with E-state index in [0.29, 0.717) is 25.9 Å². The minimum Gasteiger partial charge on any atom is -0.497 e. The zero-order chi connectivity index (χ0) is 19.9. The fourth-order valence-corrected chi connectivity index (χ4v) is 2.85. The minimum absolute atomic E-state index is 0.297. The molecule has 1 fully saturated rings. The van der Waals surface area contributed by atoms with Gasteiger partial charge in [0, 0.05) is 45.3 Å². The third kappa shape index (κ3) is 9.28. The maximum Gasteiger partial charge on any atom is 0.191 e. The van der Waals surface area contributed by atoms with Gasteiger partial charge in [-0.15, -0.1) is 0 Å². The molecule has 28 heavy (non-hydrogen) atoms. The fraction of sp³-hybridized carbons (Fsp3) is 0.667. The minimum atomic E-state index is 0.297. The molecule has 0 aliphatic carbocycles. The predicted molar refractivity (Wildman–Crippen MR) is 111 cm³/mol. The van der Waals surface area contributed by atoms with Gasteiger partial charge in [0.15, 0.2) is 5.96 Å². The standard InChI is InChI=1S/C21H35N3O4/c1-3-22-21(23-11-6-13-26-17-20-10-5-14-28-20)24-12-7-15-27-19-9-4-8-18(16-19)25-2/h4,8-9,16,20H,3,5-7,10-15,17H2,1-2H3,(H2,22,23,24). The van der Waals surface area contributed by atoms with Crippen LogP contribution in [-0.2, 0) is 9.47 Å². The van der Waals surface area contributed by atoms with Crippen molar-refractivity contribution >= 4 is 5.96 Å². The first-order valence-electron chi connectivity index (χ1n) is 10.3. The third-order valence-corrected chi connectivity index (χ3v) is 4.31. The van der Waals surface area contributed by atoms with Gasteiger partial charge >= 0.3 is 0 Å². The number of benzene rings is 1. The molecule has 1 aromatic rings. The van der Waals surface area contributed by atoms with Crippen LogP contribution in [0.15, 0.2) is 29.3 Å². The van der Waals surface area contributed by atoms with E-state index >= 15 is 0 Å². The second-order valence-corrected chi connectivity index (χ2v) is 6.63. The normalized spacial score (nSPS) is 16.8. The van der Waals surface area contributed by atoms with Crippen LogP contribution in [0.25, 0.3) is 0 Å². The number of aliphatic imine (C=N–C) groups is 1. The summed E-state index contributed by atoms with van der Waals surface area (Å²) >= 11 is 0. The first kappa shape index (κ1) is 22.3. The van der Waals surface area contributed by atoms with E-state index in [-0.39, 0.29) is 0 Å². The van der Waals surface area contributed by atoms with Crippen molar-refractivity contribution in [1.82, 2.24) is 10.6 Å². The highest BCUT2D eigenvalue weighted by Gasteiger charge is 2.14. The van der Waals surface area contributed by atoms with Gasteiger partial charge in [-0.3, -0.25) is 4.99 Å². The molecule has 1 aromatic carbocycles. The summed E-state index contributed by atoms with van der Waals surface area (Å²) in [7, 11) is 1.65. The molecule has 7 nitrogen and oxygen atoms in total. The van der Waals surface area contributed by atoms with Crippen molar-refractivity contribution in [3.8, 4) is 11.5 Å². The smallest absolute Gasteiger partial charge is 0.191 e. The number of nitrogens with one attached hydrogen (secondary N) is 2. The quantitative estimate of drug-likeness (QED) is 0.305. The summed E-state index contributed by atoms with van der Waals surface area (Å²) in [5.74, 6) is 2.45. The van der Waals surface area contributed by atoms with Gasteiger partial charge < -0.3 is 29.6 Å². The Morgan fingerprint density at radius 3 is 2.89 bits per heavy atom. The van der Waals surface area contributed by atoms with Crippen LogP contribution in [0.1, 0.15) is 32.6 Å². The monoisotopic (exact) mass is 393 g/mol. The maximum atomic E-state index is 5.74. The molecular weight excluding hydrogens is 358 g/mol. The van der Waals surface area contributed by atoms with Crippen molar-refractivity contribution in [3.05, 3.63) is 24.3 Å². The summed E-state index contributed by atoms with van der Waals surface area (Å²) in [5.41, 5.74) is 0. The number of rotatable bonds is 13. The number of nitrogens with zero attached hydrogens (tertiary/aromatic N) is 1. The number of guanidine groups is 1. The molecule has 0 spiro atoms. The predicted octanol–water partition coefficient (Wildman–Crippen LogP) is 2.60. The van der Waals surface area contributed by atoms with E-state index in [1.54, 1.807) is 7.11 Å². The molecule has 1 unspecified atom stereocenters. The number of methoxy groups -OCH3 is 1. The molecule has 1 atom stereocenters. The molecular formula is C21H35N3O4. The van der Waals surface area contributed by atoms with Crippen LogP contribution in [-0.4, -0.2) is 65.2 Å². The summed E-state index contributed by atoms with van der Waals surface area (Å²) < 4.78 is 22.2. The van der Waals surface area contributed by atoms with Crippen LogP contribution >= 0.6 is 0 Å². The first-order chi connectivity index (χ1) is 13.8. The van der Waals surface area contributed by atoms with Gasteiger partial charge in [0.05, 0.1) is 26.4 Å². The molecule has 2 N–H and O–H groups in total. The number of hydrogen-bond acceptors (Lipinski definition) is 5. The Hall–Kier alpha value is -1.99. The second kappa shape index (κ2) is 14.1. The molecule has 1 aliphatic rings. The highest BCUT2D eigenvalue weighted by molar-refractivity contribution is 5.79. The summed E-state index contributed by atoms with van der Waals surface area (Å²) in [5, 5.41) is 6.61. The number of ether oxygens (including phenoxy) is 4. The van der Waals surface area contributed by atoms with Crippen molar-refractivity contribution in [1.29, 1.82) is 0 Å². The van der Waals surface area contributed by atoms with E-state index in [1.165, 1.54) is 0 Å². The van der Waals surface area contributed by atoms with Crippen LogP contribution in [0.3, 0.4) is 0 Å².